The van der Waals surface area contributed by atoms with Crippen LogP contribution in [0, 0.1) is 0 Å². The molecule has 9 heteroatoms. The monoisotopic (exact) mass is 458 g/mol. The van der Waals surface area contributed by atoms with Crippen LogP contribution in [0.25, 0.3) is 0 Å². The van der Waals surface area contributed by atoms with E-state index in [4.69, 9.17) is 16.3 Å². The minimum absolute atomic E-state index is 0.139. The lowest BCUT2D eigenvalue weighted by Crippen LogP contribution is -2.14. The molecule has 3 aromatic carbocycles. The van der Waals surface area contributed by atoms with E-state index in [1.54, 1.807) is 31.2 Å². The van der Waals surface area contributed by atoms with Gasteiger partial charge in [-0.3, -0.25) is 9.52 Å². The van der Waals surface area contributed by atoms with Crippen LogP contribution in [0.2, 0.25) is 5.02 Å². The molecule has 0 saturated heterocycles. The number of sulfonamides is 1. The predicted octanol–water partition coefficient (Wildman–Crippen LogP) is 4.57. The summed E-state index contributed by atoms with van der Waals surface area (Å²) in [6.45, 7) is 1.92. The van der Waals surface area contributed by atoms with Crippen molar-refractivity contribution >= 4 is 44.9 Å². The molecule has 3 rings (SSSR count). The standard InChI is InChI=1S/C22H19ClN2O5S/c1-2-30-22(27)19-13-12-17(14-20(19)23)24-21(26)15-8-10-16(11-9-15)25-31(28,29)18-6-4-3-5-7-18/h3-14,25H,2H2,1H3,(H,24,26). The van der Waals surface area contributed by atoms with E-state index in [2.05, 4.69) is 10.0 Å². The Bertz CT molecular complexity index is 1200. The summed E-state index contributed by atoms with van der Waals surface area (Å²) in [5.41, 5.74) is 1.24. The number of hydrogen-bond acceptors (Lipinski definition) is 5. The van der Waals surface area contributed by atoms with Crippen molar-refractivity contribution in [1.29, 1.82) is 0 Å². The van der Waals surface area contributed by atoms with Crippen LogP contribution in [-0.4, -0.2) is 26.9 Å². The highest BCUT2D eigenvalue weighted by Gasteiger charge is 2.15. The maximum atomic E-state index is 12.5. The predicted molar refractivity (Wildman–Crippen MR) is 119 cm³/mol. The molecule has 0 aromatic heterocycles. The zero-order chi connectivity index (χ0) is 22.4. The first-order valence-corrected chi connectivity index (χ1v) is 11.1. The minimum atomic E-state index is -3.72. The molecule has 31 heavy (non-hydrogen) atoms. The molecule has 0 aliphatic carbocycles. The van der Waals surface area contributed by atoms with E-state index >= 15 is 0 Å². The smallest absolute Gasteiger partial charge is 0.339 e. The summed E-state index contributed by atoms with van der Waals surface area (Å²) in [4.78, 5) is 24.4. The van der Waals surface area contributed by atoms with Crippen molar-refractivity contribution in [2.45, 2.75) is 11.8 Å². The van der Waals surface area contributed by atoms with Gasteiger partial charge >= 0.3 is 5.97 Å². The lowest BCUT2D eigenvalue weighted by atomic mass is 10.1. The molecular formula is C22H19ClN2O5S. The van der Waals surface area contributed by atoms with Crippen LogP contribution >= 0.6 is 11.6 Å². The number of benzene rings is 3. The van der Waals surface area contributed by atoms with Crippen molar-refractivity contribution in [2.24, 2.45) is 0 Å². The average molecular weight is 459 g/mol. The van der Waals surface area contributed by atoms with Crippen LogP contribution in [0.3, 0.4) is 0 Å². The third-order valence-electron chi connectivity index (χ3n) is 4.18. The molecule has 3 aromatic rings. The number of rotatable bonds is 7. The maximum absolute atomic E-state index is 12.5. The van der Waals surface area contributed by atoms with E-state index < -0.39 is 21.9 Å². The Morgan fingerprint density at radius 1 is 0.935 bits per heavy atom. The number of esters is 1. The van der Waals surface area contributed by atoms with Gasteiger partial charge < -0.3 is 10.1 Å². The fourth-order valence-electron chi connectivity index (χ4n) is 2.67. The van der Waals surface area contributed by atoms with Crippen molar-refractivity contribution in [3.8, 4) is 0 Å². The van der Waals surface area contributed by atoms with Crippen molar-refractivity contribution in [3.05, 3.63) is 88.9 Å². The molecule has 0 spiro atoms. The molecule has 0 atom stereocenters. The summed E-state index contributed by atoms with van der Waals surface area (Å²) in [7, 11) is -3.72. The first kappa shape index (κ1) is 22.3. The van der Waals surface area contributed by atoms with Gasteiger partial charge in [-0.1, -0.05) is 29.8 Å². The molecule has 0 unspecified atom stereocenters. The van der Waals surface area contributed by atoms with Crippen molar-refractivity contribution in [2.75, 3.05) is 16.6 Å². The third kappa shape index (κ3) is 5.62. The molecule has 1 amide bonds. The largest absolute Gasteiger partial charge is 0.462 e. The van der Waals surface area contributed by atoms with Crippen LogP contribution in [0.5, 0.6) is 0 Å². The maximum Gasteiger partial charge on any atom is 0.339 e. The Labute approximate surface area is 185 Å². The molecule has 0 fully saturated rings. The second-order valence-corrected chi connectivity index (χ2v) is 8.45. The van der Waals surface area contributed by atoms with Gasteiger partial charge in [-0.2, -0.15) is 0 Å². The number of hydrogen-bond donors (Lipinski definition) is 2. The summed E-state index contributed by atoms with van der Waals surface area (Å²) in [6.07, 6.45) is 0. The SMILES string of the molecule is CCOC(=O)c1ccc(NC(=O)c2ccc(NS(=O)(=O)c3ccccc3)cc2)cc1Cl. The molecule has 0 saturated carbocycles. The molecular weight excluding hydrogens is 440 g/mol. The summed E-state index contributed by atoms with van der Waals surface area (Å²) < 4.78 is 32.1. The molecule has 0 heterocycles. The van der Waals surface area contributed by atoms with Crippen molar-refractivity contribution in [1.82, 2.24) is 0 Å². The highest BCUT2D eigenvalue weighted by molar-refractivity contribution is 7.92. The Hall–Kier alpha value is -3.36. The van der Waals surface area contributed by atoms with E-state index in [0.717, 1.165) is 0 Å². The van der Waals surface area contributed by atoms with Crippen LogP contribution in [0.4, 0.5) is 11.4 Å². The van der Waals surface area contributed by atoms with Crippen LogP contribution < -0.4 is 10.0 Å². The van der Waals surface area contributed by atoms with E-state index in [1.165, 1.54) is 48.5 Å². The second-order valence-electron chi connectivity index (χ2n) is 6.37. The molecule has 0 aliphatic heterocycles. The van der Waals surface area contributed by atoms with Gasteiger partial charge in [-0.05, 0) is 61.5 Å². The van der Waals surface area contributed by atoms with Gasteiger partial charge in [0.25, 0.3) is 15.9 Å². The molecule has 2 N–H and O–H groups in total. The van der Waals surface area contributed by atoms with E-state index in [1.807, 2.05) is 0 Å². The van der Waals surface area contributed by atoms with Gasteiger partial charge in [0, 0.05) is 16.9 Å². The van der Waals surface area contributed by atoms with Gasteiger partial charge in [0.05, 0.1) is 22.1 Å². The molecule has 0 radical (unpaired) electrons. The van der Waals surface area contributed by atoms with Gasteiger partial charge in [0.2, 0.25) is 0 Å². The Morgan fingerprint density at radius 3 is 2.19 bits per heavy atom. The first-order chi connectivity index (χ1) is 14.8. The zero-order valence-electron chi connectivity index (χ0n) is 16.5. The summed E-state index contributed by atoms with van der Waals surface area (Å²) in [6, 6.07) is 18.4. The van der Waals surface area contributed by atoms with Crippen LogP contribution in [0.1, 0.15) is 27.6 Å². The second kappa shape index (κ2) is 9.63. The highest BCUT2D eigenvalue weighted by atomic mass is 35.5. The fraction of sp³-hybridized carbons (Fsp3) is 0.0909. The number of halogens is 1. The third-order valence-corrected chi connectivity index (χ3v) is 5.89. The van der Waals surface area contributed by atoms with Gasteiger partial charge in [0.1, 0.15) is 0 Å². The lowest BCUT2D eigenvalue weighted by Gasteiger charge is -2.10. The summed E-state index contributed by atoms with van der Waals surface area (Å²) >= 11 is 6.10. The fourth-order valence-corrected chi connectivity index (χ4v) is 4.01. The number of carbonyl (C=O) groups excluding carboxylic acids is 2. The Balaban J connectivity index is 1.68. The lowest BCUT2D eigenvalue weighted by molar-refractivity contribution is 0.0526. The number of carbonyl (C=O) groups is 2. The molecule has 0 bridgehead atoms. The quantitative estimate of drug-likeness (QED) is 0.505. The highest BCUT2D eigenvalue weighted by Crippen LogP contribution is 2.23. The number of ether oxygens (including phenoxy) is 1. The van der Waals surface area contributed by atoms with E-state index in [9.17, 15) is 18.0 Å². The van der Waals surface area contributed by atoms with E-state index in [-0.39, 0.29) is 22.1 Å². The van der Waals surface area contributed by atoms with Gasteiger partial charge in [-0.25, -0.2) is 13.2 Å². The number of nitrogens with one attached hydrogen (secondary N) is 2. The normalized spacial score (nSPS) is 10.9. The first-order valence-electron chi connectivity index (χ1n) is 9.26. The van der Waals surface area contributed by atoms with Gasteiger partial charge in [-0.15, -0.1) is 0 Å². The van der Waals surface area contributed by atoms with Crippen molar-refractivity contribution < 1.29 is 22.7 Å². The molecule has 7 nitrogen and oxygen atoms in total. The van der Waals surface area contributed by atoms with Crippen molar-refractivity contribution in [3.63, 3.8) is 0 Å². The number of anilines is 2. The number of amides is 1. The summed E-state index contributed by atoms with van der Waals surface area (Å²) in [5, 5.41) is 2.83. The Kier molecular flexibility index (Phi) is 6.94. The van der Waals surface area contributed by atoms with E-state index in [0.29, 0.717) is 16.9 Å². The Morgan fingerprint density at radius 2 is 1.58 bits per heavy atom. The average Bonchev–Trinajstić information content (AvgIpc) is 2.75. The topological polar surface area (TPSA) is 102 Å². The van der Waals surface area contributed by atoms with Gasteiger partial charge in [0.15, 0.2) is 0 Å². The zero-order valence-corrected chi connectivity index (χ0v) is 18.0. The van der Waals surface area contributed by atoms with Crippen LogP contribution in [0.15, 0.2) is 77.7 Å². The minimum Gasteiger partial charge on any atom is -0.462 e. The summed E-state index contributed by atoms with van der Waals surface area (Å²) in [5.74, 6) is -0.962. The molecule has 160 valence electrons. The van der Waals surface area contributed by atoms with Crippen LogP contribution in [-0.2, 0) is 14.8 Å². The molecule has 0 aliphatic rings.